The summed E-state index contributed by atoms with van der Waals surface area (Å²) in [7, 11) is 0. The average molecular weight is 295 g/mol. The molecule has 1 amide bonds. The molecule has 2 atom stereocenters. The first-order chi connectivity index (χ1) is 10.2. The Morgan fingerprint density at radius 1 is 1.33 bits per heavy atom. The highest BCUT2D eigenvalue weighted by Gasteiger charge is 2.26. The summed E-state index contributed by atoms with van der Waals surface area (Å²) in [4.78, 5) is 11.7. The van der Waals surface area contributed by atoms with Crippen LogP contribution in [0.2, 0.25) is 0 Å². The molecular formula is C16H22FNO3. The van der Waals surface area contributed by atoms with Crippen molar-refractivity contribution in [3.05, 3.63) is 30.1 Å². The maximum atomic E-state index is 13.3. The van der Waals surface area contributed by atoms with Crippen LogP contribution < -0.4 is 10.1 Å². The van der Waals surface area contributed by atoms with Crippen molar-refractivity contribution in [2.24, 2.45) is 11.8 Å². The highest BCUT2D eigenvalue weighted by Crippen LogP contribution is 2.30. The number of nitrogens with one attached hydrogen (secondary N) is 1. The van der Waals surface area contributed by atoms with Gasteiger partial charge in [0.1, 0.15) is 0 Å². The minimum absolute atomic E-state index is 0.102. The molecule has 21 heavy (non-hydrogen) atoms. The van der Waals surface area contributed by atoms with Gasteiger partial charge in [-0.3, -0.25) is 4.79 Å². The summed E-state index contributed by atoms with van der Waals surface area (Å²) in [5.74, 6) is 0.317. The summed E-state index contributed by atoms with van der Waals surface area (Å²) >= 11 is 0. The largest absolute Gasteiger partial charge is 0.490 e. The first-order valence-electron chi connectivity index (χ1n) is 7.45. The predicted molar refractivity (Wildman–Crippen MR) is 77.4 cm³/mol. The Morgan fingerprint density at radius 3 is 2.86 bits per heavy atom. The minimum Gasteiger partial charge on any atom is -0.490 e. The highest BCUT2D eigenvalue weighted by molar-refractivity contribution is 5.75. The molecule has 0 aromatic heterocycles. The summed E-state index contributed by atoms with van der Waals surface area (Å²) in [6.07, 6.45) is 3.40. The quantitative estimate of drug-likeness (QED) is 0.810. The second-order valence-corrected chi connectivity index (χ2v) is 5.47. The lowest BCUT2D eigenvalue weighted by Crippen LogP contribution is -2.32. The molecule has 1 fully saturated rings. The van der Waals surface area contributed by atoms with Gasteiger partial charge in [-0.1, -0.05) is 18.6 Å². The van der Waals surface area contributed by atoms with Gasteiger partial charge in [0.25, 0.3) is 0 Å². The fraction of sp³-hybridized carbons (Fsp3) is 0.562. The smallest absolute Gasteiger partial charge is 0.223 e. The van der Waals surface area contributed by atoms with Gasteiger partial charge in [0, 0.05) is 13.2 Å². The van der Waals surface area contributed by atoms with Crippen LogP contribution in [0.1, 0.15) is 25.7 Å². The number of halogens is 1. The number of para-hydroxylation sites is 1. The summed E-state index contributed by atoms with van der Waals surface area (Å²) in [5.41, 5.74) is 0. The molecule has 4 nitrogen and oxygen atoms in total. The van der Waals surface area contributed by atoms with Crippen molar-refractivity contribution in [3.8, 4) is 5.75 Å². The molecule has 1 saturated carbocycles. The molecule has 0 heterocycles. The number of hydrogen-bond donors (Lipinski definition) is 2. The number of rotatable bonds is 7. The number of hydrogen-bond acceptors (Lipinski definition) is 3. The van der Waals surface area contributed by atoms with E-state index >= 15 is 0 Å². The van der Waals surface area contributed by atoms with Crippen molar-refractivity contribution < 1.29 is 19.0 Å². The lowest BCUT2D eigenvalue weighted by atomic mass is 9.97. The lowest BCUT2D eigenvalue weighted by Gasteiger charge is -2.17. The molecule has 0 radical (unpaired) electrons. The second-order valence-electron chi connectivity index (χ2n) is 5.47. The monoisotopic (exact) mass is 295 g/mol. The molecule has 116 valence electrons. The van der Waals surface area contributed by atoms with Crippen LogP contribution in [0, 0.1) is 17.7 Å². The topological polar surface area (TPSA) is 58.6 Å². The molecule has 1 aromatic rings. The van der Waals surface area contributed by atoms with Crippen LogP contribution in [0.5, 0.6) is 5.75 Å². The zero-order chi connectivity index (χ0) is 15.1. The zero-order valence-electron chi connectivity index (χ0n) is 12.1. The van der Waals surface area contributed by atoms with Gasteiger partial charge < -0.3 is 15.2 Å². The molecule has 5 heteroatoms. The molecule has 2 N–H and O–H groups in total. The number of ether oxygens (including phenoxy) is 1. The van der Waals surface area contributed by atoms with Gasteiger partial charge in [0.2, 0.25) is 5.91 Å². The lowest BCUT2D eigenvalue weighted by molar-refractivity contribution is -0.121. The number of aliphatic hydroxyl groups is 1. The van der Waals surface area contributed by atoms with Crippen LogP contribution >= 0.6 is 0 Å². The van der Waals surface area contributed by atoms with Crippen LogP contribution in [-0.2, 0) is 4.79 Å². The van der Waals surface area contributed by atoms with E-state index in [4.69, 9.17) is 4.74 Å². The van der Waals surface area contributed by atoms with E-state index in [2.05, 4.69) is 5.32 Å². The Labute approximate surface area is 124 Å². The third-order valence-corrected chi connectivity index (χ3v) is 4.04. The van der Waals surface area contributed by atoms with Crippen molar-refractivity contribution in [2.45, 2.75) is 25.7 Å². The Hall–Kier alpha value is -1.62. The molecule has 2 rings (SSSR count). The fourth-order valence-electron chi connectivity index (χ4n) is 2.77. The molecular weight excluding hydrogens is 273 g/mol. The van der Waals surface area contributed by atoms with E-state index < -0.39 is 5.82 Å². The SMILES string of the molecule is O=C(CCOc1ccccc1F)NCC1CCCC1CO. The molecule has 1 aliphatic carbocycles. The standard InChI is InChI=1S/C16H22FNO3/c17-14-6-1-2-7-15(14)21-9-8-16(20)18-10-12-4-3-5-13(12)11-19/h1-2,6-7,12-13,19H,3-5,8-11H2,(H,18,20). The van der Waals surface area contributed by atoms with Gasteiger partial charge >= 0.3 is 0 Å². The number of carbonyl (C=O) groups excluding carboxylic acids is 1. The van der Waals surface area contributed by atoms with E-state index in [-0.39, 0.29) is 31.3 Å². The number of amides is 1. The molecule has 1 aliphatic rings. The van der Waals surface area contributed by atoms with Crippen LogP contribution in [0.3, 0.4) is 0 Å². The van der Waals surface area contributed by atoms with Crippen molar-refractivity contribution in [1.82, 2.24) is 5.32 Å². The number of carbonyl (C=O) groups is 1. The Kier molecular flexibility index (Phi) is 5.99. The fourth-order valence-corrected chi connectivity index (χ4v) is 2.77. The molecule has 0 bridgehead atoms. The van der Waals surface area contributed by atoms with E-state index in [0.717, 1.165) is 19.3 Å². The van der Waals surface area contributed by atoms with Gasteiger partial charge in [0.05, 0.1) is 13.0 Å². The number of benzene rings is 1. The van der Waals surface area contributed by atoms with Crippen molar-refractivity contribution >= 4 is 5.91 Å². The first kappa shape index (κ1) is 15.8. The van der Waals surface area contributed by atoms with E-state index in [1.165, 1.54) is 12.1 Å². The maximum absolute atomic E-state index is 13.3. The molecule has 1 aromatic carbocycles. The van der Waals surface area contributed by atoms with Crippen molar-refractivity contribution in [3.63, 3.8) is 0 Å². The average Bonchev–Trinajstić information content (AvgIpc) is 2.94. The molecule has 0 saturated heterocycles. The van der Waals surface area contributed by atoms with Gasteiger partial charge in [-0.25, -0.2) is 4.39 Å². The van der Waals surface area contributed by atoms with E-state index in [1.54, 1.807) is 12.1 Å². The molecule has 2 unspecified atom stereocenters. The third-order valence-electron chi connectivity index (χ3n) is 4.04. The second kappa shape index (κ2) is 7.98. The van der Waals surface area contributed by atoms with Crippen LogP contribution in [0.15, 0.2) is 24.3 Å². The van der Waals surface area contributed by atoms with Crippen molar-refractivity contribution in [1.29, 1.82) is 0 Å². The van der Waals surface area contributed by atoms with Gasteiger partial charge in [0.15, 0.2) is 11.6 Å². The third kappa shape index (κ3) is 4.70. The maximum Gasteiger partial charge on any atom is 0.223 e. The Morgan fingerprint density at radius 2 is 2.10 bits per heavy atom. The summed E-state index contributed by atoms with van der Waals surface area (Å²) in [6.45, 7) is 0.946. The Bertz CT molecular complexity index is 467. The van der Waals surface area contributed by atoms with E-state index in [1.807, 2.05) is 0 Å². The van der Waals surface area contributed by atoms with Gasteiger partial charge in [-0.05, 0) is 36.8 Å². The zero-order valence-corrected chi connectivity index (χ0v) is 12.1. The number of aliphatic hydroxyl groups excluding tert-OH is 1. The molecule has 0 spiro atoms. The highest BCUT2D eigenvalue weighted by atomic mass is 19.1. The van der Waals surface area contributed by atoms with E-state index in [9.17, 15) is 14.3 Å². The minimum atomic E-state index is -0.422. The Balaban J connectivity index is 1.65. The summed E-state index contributed by atoms with van der Waals surface area (Å²) < 4.78 is 18.5. The van der Waals surface area contributed by atoms with Gasteiger partial charge in [-0.15, -0.1) is 0 Å². The van der Waals surface area contributed by atoms with Crippen molar-refractivity contribution in [2.75, 3.05) is 19.8 Å². The van der Waals surface area contributed by atoms with Crippen LogP contribution in [-0.4, -0.2) is 30.8 Å². The van der Waals surface area contributed by atoms with Gasteiger partial charge in [-0.2, -0.15) is 0 Å². The first-order valence-corrected chi connectivity index (χ1v) is 7.45. The van der Waals surface area contributed by atoms with Crippen LogP contribution in [0.25, 0.3) is 0 Å². The molecule has 0 aliphatic heterocycles. The normalized spacial score (nSPS) is 21.2. The predicted octanol–water partition coefficient (Wildman–Crippen LogP) is 2.12. The van der Waals surface area contributed by atoms with Crippen LogP contribution in [0.4, 0.5) is 4.39 Å². The summed E-state index contributed by atoms with van der Waals surface area (Å²) in [6, 6.07) is 6.14. The summed E-state index contributed by atoms with van der Waals surface area (Å²) in [5, 5.41) is 12.1. The van der Waals surface area contributed by atoms with E-state index in [0.29, 0.717) is 18.4 Å².